The van der Waals surface area contributed by atoms with Gasteiger partial charge in [0, 0.05) is 24.4 Å². The Morgan fingerprint density at radius 3 is 2.41 bits per heavy atom. The van der Waals surface area contributed by atoms with Crippen molar-refractivity contribution in [2.75, 3.05) is 0 Å². The molecule has 0 aliphatic heterocycles. The van der Waals surface area contributed by atoms with Crippen LogP contribution in [0.4, 0.5) is 0 Å². The summed E-state index contributed by atoms with van der Waals surface area (Å²) in [7, 11) is 0. The number of nitrogens with zero attached hydrogens (tertiary/aromatic N) is 2. The van der Waals surface area contributed by atoms with E-state index in [0.29, 0.717) is 17.5 Å². The van der Waals surface area contributed by atoms with Gasteiger partial charge in [0.2, 0.25) is 0 Å². The van der Waals surface area contributed by atoms with Crippen LogP contribution in [0, 0.1) is 29.6 Å². The number of hydrogen-bond acceptors (Lipinski definition) is 3. The van der Waals surface area contributed by atoms with Gasteiger partial charge in [-0.3, -0.25) is 4.79 Å². The molecule has 116 valence electrons. The fourth-order valence-corrected chi connectivity index (χ4v) is 5.89. The molecule has 0 radical (unpaired) electrons. The molecule has 5 aliphatic carbocycles. The van der Waals surface area contributed by atoms with Crippen molar-refractivity contribution in [2.45, 2.75) is 51.0 Å². The zero-order valence-electron chi connectivity index (χ0n) is 13.0. The maximum Gasteiger partial charge on any atom is 0.254 e. The first-order valence-corrected chi connectivity index (χ1v) is 8.87. The lowest BCUT2D eigenvalue weighted by atomic mass is 9.92. The van der Waals surface area contributed by atoms with Gasteiger partial charge in [0.1, 0.15) is 5.82 Å². The van der Waals surface area contributed by atoms with Crippen molar-refractivity contribution in [1.29, 1.82) is 0 Å². The predicted octanol–water partition coefficient (Wildman–Crippen LogP) is 2.76. The lowest BCUT2D eigenvalue weighted by molar-refractivity contribution is 0.0937. The second-order valence-corrected chi connectivity index (χ2v) is 7.89. The third-order valence-corrected chi connectivity index (χ3v) is 6.92. The van der Waals surface area contributed by atoms with Crippen LogP contribution in [0.5, 0.6) is 0 Å². The molecule has 4 nitrogen and oxygen atoms in total. The van der Waals surface area contributed by atoms with Gasteiger partial charge in [-0.2, -0.15) is 0 Å². The molecule has 1 amide bonds. The second kappa shape index (κ2) is 4.53. The van der Waals surface area contributed by atoms with Crippen molar-refractivity contribution in [3.05, 3.63) is 23.8 Å². The van der Waals surface area contributed by atoms with Crippen molar-refractivity contribution >= 4 is 5.91 Å². The fourth-order valence-electron chi connectivity index (χ4n) is 5.89. The second-order valence-electron chi connectivity index (χ2n) is 7.89. The molecule has 6 rings (SSSR count). The Bertz CT molecular complexity index is 607. The van der Waals surface area contributed by atoms with Gasteiger partial charge in [0.05, 0.1) is 5.56 Å². The summed E-state index contributed by atoms with van der Waals surface area (Å²) < 4.78 is 0. The minimum atomic E-state index is -0.00756. The SMILES string of the molecule is CC1C2CC3C1C3C2c1ncc(C(=O)NC2CCCC2)cn1. The van der Waals surface area contributed by atoms with Gasteiger partial charge in [-0.1, -0.05) is 19.8 Å². The number of carbonyl (C=O) groups excluding carboxylic acids is 1. The largest absolute Gasteiger partial charge is 0.349 e. The minimum absolute atomic E-state index is 0.00756. The first kappa shape index (κ1) is 13.0. The van der Waals surface area contributed by atoms with E-state index in [1.54, 1.807) is 12.4 Å². The molecule has 0 spiro atoms. The van der Waals surface area contributed by atoms with Crippen molar-refractivity contribution in [3.63, 3.8) is 0 Å². The van der Waals surface area contributed by atoms with Crippen LogP contribution < -0.4 is 5.32 Å². The summed E-state index contributed by atoms with van der Waals surface area (Å²) in [6.45, 7) is 2.40. The third kappa shape index (κ3) is 1.73. The van der Waals surface area contributed by atoms with Crippen LogP contribution in [-0.4, -0.2) is 21.9 Å². The molecular formula is C18H23N3O. The zero-order chi connectivity index (χ0) is 14.8. The van der Waals surface area contributed by atoms with E-state index in [-0.39, 0.29) is 5.91 Å². The van der Waals surface area contributed by atoms with E-state index in [9.17, 15) is 4.79 Å². The van der Waals surface area contributed by atoms with Crippen LogP contribution in [0.25, 0.3) is 0 Å². The Kier molecular flexibility index (Phi) is 2.68. The number of carbonyl (C=O) groups is 1. The molecule has 5 fully saturated rings. The quantitative estimate of drug-likeness (QED) is 0.933. The molecule has 6 atom stereocenters. The third-order valence-electron chi connectivity index (χ3n) is 6.92. The lowest BCUT2D eigenvalue weighted by Gasteiger charge is -2.16. The molecule has 1 heterocycles. The summed E-state index contributed by atoms with van der Waals surface area (Å²) in [5.41, 5.74) is 0.612. The summed E-state index contributed by atoms with van der Waals surface area (Å²) in [6, 6.07) is 0.349. The van der Waals surface area contributed by atoms with Gasteiger partial charge in [-0.05, 0) is 48.9 Å². The van der Waals surface area contributed by atoms with E-state index >= 15 is 0 Å². The topological polar surface area (TPSA) is 54.9 Å². The van der Waals surface area contributed by atoms with Crippen LogP contribution in [0.3, 0.4) is 0 Å². The summed E-state index contributed by atoms with van der Waals surface area (Å²) in [5, 5.41) is 3.11. The Morgan fingerprint density at radius 2 is 1.86 bits per heavy atom. The molecule has 0 aromatic carbocycles. The van der Waals surface area contributed by atoms with Crippen LogP contribution in [0.1, 0.15) is 61.1 Å². The standard InChI is InChI=1S/C18H23N3O/c1-9-12-6-13-14(9)15(13)16(12)17-19-7-10(8-20-17)18(22)21-11-4-2-3-5-11/h7-9,11-16H,2-6H2,1H3,(H,21,22). The normalized spacial score (nSPS) is 41.9. The van der Waals surface area contributed by atoms with E-state index in [4.69, 9.17) is 0 Å². The fraction of sp³-hybridized carbons (Fsp3) is 0.722. The monoisotopic (exact) mass is 297 g/mol. The molecule has 5 saturated carbocycles. The predicted molar refractivity (Wildman–Crippen MR) is 82.2 cm³/mol. The summed E-state index contributed by atoms with van der Waals surface area (Å²) in [6.07, 6.45) is 9.54. The van der Waals surface area contributed by atoms with Crippen molar-refractivity contribution in [1.82, 2.24) is 15.3 Å². The van der Waals surface area contributed by atoms with Crippen LogP contribution in [0.2, 0.25) is 0 Å². The van der Waals surface area contributed by atoms with E-state index in [0.717, 1.165) is 48.3 Å². The lowest BCUT2D eigenvalue weighted by Crippen LogP contribution is -2.32. The van der Waals surface area contributed by atoms with Crippen molar-refractivity contribution in [3.8, 4) is 0 Å². The molecule has 4 heteroatoms. The first-order valence-electron chi connectivity index (χ1n) is 8.87. The minimum Gasteiger partial charge on any atom is -0.349 e. The Hall–Kier alpha value is -1.45. The van der Waals surface area contributed by atoms with E-state index < -0.39 is 0 Å². The summed E-state index contributed by atoms with van der Waals surface area (Å²) in [4.78, 5) is 21.4. The highest BCUT2D eigenvalue weighted by atomic mass is 16.1. The highest BCUT2D eigenvalue weighted by Gasteiger charge is 2.72. The van der Waals surface area contributed by atoms with Crippen molar-refractivity contribution < 1.29 is 4.79 Å². The Labute approximate surface area is 131 Å². The van der Waals surface area contributed by atoms with E-state index in [1.165, 1.54) is 19.3 Å². The van der Waals surface area contributed by atoms with Crippen LogP contribution in [-0.2, 0) is 0 Å². The molecule has 1 N–H and O–H groups in total. The maximum absolute atomic E-state index is 12.2. The molecule has 6 unspecified atom stereocenters. The van der Waals surface area contributed by atoms with E-state index in [2.05, 4.69) is 22.2 Å². The molecule has 5 aliphatic rings. The highest BCUT2D eigenvalue weighted by Crippen LogP contribution is 2.77. The number of aromatic nitrogens is 2. The first-order chi connectivity index (χ1) is 10.7. The van der Waals surface area contributed by atoms with Gasteiger partial charge in [-0.25, -0.2) is 9.97 Å². The molecular weight excluding hydrogens is 274 g/mol. The van der Waals surface area contributed by atoms with Crippen LogP contribution >= 0.6 is 0 Å². The molecule has 0 saturated heterocycles. The number of nitrogens with one attached hydrogen (secondary N) is 1. The van der Waals surface area contributed by atoms with Crippen LogP contribution in [0.15, 0.2) is 12.4 Å². The Morgan fingerprint density at radius 1 is 1.14 bits per heavy atom. The average molecular weight is 297 g/mol. The highest BCUT2D eigenvalue weighted by molar-refractivity contribution is 5.93. The average Bonchev–Trinajstić information content (AvgIpc) is 2.97. The number of rotatable bonds is 3. The van der Waals surface area contributed by atoms with Gasteiger partial charge < -0.3 is 5.32 Å². The van der Waals surface area contributed by atoms with E-state index in [1.807, 2.05) is 0 Å². The molecule has 22 heavy (non-hydrogen) atoms. The van der Waals surface area contributed by atoms with Gasteiger partial charge in [-0.15, -0.1) is 0 Å². The Balaban J connectivity index is 1.31. The molecule has 4 bridgehead atoms. The van der Waals surface area contributed by atoms with Gasteiger partial charge >= 0.3 is 0 Å². The van der Waals surface area contributed by atoms with Gasteiger partial charge in [0.25, 0.3) is 5.91 Å². The molecule has 1 aromatic heterocycles. The summed E-state index contributed by atoms with van der Waals surface area (Å²) in [5.74, 6) is 5.94. The summed E-state index contributed by atoms with van der Waals surface area (Å²) >= 11 is 0. The number of hydrogen-bond donors (Lipinski definition) is 1. The smallest absolute Gasteiger partial charge is 0.254 e. The molecule has 1 aromatic rings. The number of amides is 1. The maximum atomic E-state index is 12.2. The zero-order valence-corrected chi connectivity index (χ0v) is 13.0. The van der Waals surface area contributed by atoms with Gasteiger partial charge in [0.15, 0.2) is 0 Å². The van der Waals surface area contributed by atoms with Crippen molar-refractivity contribution in [2.24, 2.45) is 29.6 Å².